The van der Waals surface area contributed by atoms with Gasteiger partial charge in [0.1, 0.15) is 5.69 Å². The topological polar surface area (TPSA) is 158 Å². The van der Waals surface area contributed by atoms with Gasteiger partial charge in [-0.3, -0.25) is 14.7 Å². The molecule has 0 spiro atoms. The molecule has 1 saturated carbocycles. The van der Waals surface area contributed by atoms with Crippen LogP contribution in [0.25, 0.3) is 23.0 Å². The van der Waals surface area contributed by atoms with E-state index in [0.29, 0.717) is 33.3 Å². The molecule has 5 rings (SSSR count). The third-order valence-corrected chi connectivity index (χ3v) is 6.50. The minimum Gasteiger partial charge on any atom is -0.493 e. The number of aromatic nitrogens is 5. The molecule has 33 heavy (non-hydrogen) atoms. The number of aromatic amines is 2. The third-order valence-electron chi connectivity index (χ3n) is 5.19. The second-order valence-corrected chi connectivity index (χ2v) is 9.78. The van der Waals surface area contributed by atoms with E-state index >= 15 is 0 Å². The zero-order chi connectivity index (χ0) is 23.2. The molecule has 4 N–H and O–H groups in total. The van der Waals surface area contributed by atoms with Gasteiger partial charge in [0.2, 0.25) is 15.9 Å². The summed E-state index contributed by atoms with van der Waals surface area (Å²) in [6.45, 7) is 1.57. The van der Waals surface area contributed by atoms with Crippen LogP contribution < -0.4 is 21.1 Å². The molecule has 3 heterocycles. The fourth-order valence-corrected chi connectivity index (χ4v) is 3.97. The number of benzene rings is 1. The molecule has 4 aromatic rings. The normalized spacial score (nSPS) is 15.4. The predicted octanol–water partition coefficient (Wildman–Crippen LogP) is 0.491. The molecule has 3 aromatic heterocycles. The van der Waals surface area contributed by atoms with Gasteiger partial charge in [0.15, 0.2) is 11.1 Å². The highest BCUT2D eigenvalue weighted by atomic mass is 32.2. The lowest BCUT2D eigenvalue weighted by molar-refractivity contribution is 0.454. The van der Waals surface area contributed by atoms with E-state index in [1.807, 2.05) is 12.1 Å². The van der Waals surface area contributed by atoms with Crippen molar-refractivity contribution >= 4 is 27.4 Å². The zero-order valence-corrected chi connectivity index (χ0v) is 18.4. The molecule has 0 unspecified atom stereocenters. The Morgan fingerprint density at radius 3 is 2.82 bits per heavy atom. The SMILES string of the molecule is CCS(=O)(=O)Nc1cccc(-c2cc(=NC3CC3)n3nc/c(=C/c4[nH]c(=O)[nH]c4O)c3n2)c1. The summed E-state index contributed by atoms with van der Waals surface area (Å²) in [5.74, 6) is -0.316. The fraction of sp³-hybridized carbons (Fsp3) is 0.238. The molecular formula is C21H21N7O4S. The molecule has 1 aliphatic rings. The number of anilines is 1. The lowest BCUT2D eigenvalue weighted by Gasteiger charge is -2.08. The molecule has 1 aliphatic carbocycles. The minimum absolute atomic E-state index is 0.0328. The molecule has 0 aliphatic heterocycles. The second-order valence-electron chi connectivity index (χ2n) is 7.77. The molecule has 1 fully saturated rings. The van der Waals surface area contributed by atoms with E-state index < -0.39 is 15.7 Å². The quantitative estimate of drug-likeness (QED) is 0.323. The van der Waals surface area contributed by atoms with E-state index in [-0.39, 0.29) is 23.4 Å². The molecule has 0 radical (unpaired) electrons. The van der Waals surface area contributed by atoms with E-state index in [1.54, 1.807) is 41.9 Å². The Balaban J connectivity index is 1.69. The summed E-state index contributed by atoms with van der Waals surface area (Å²) < 4.78 is 28.1. The lowest BCUT2D eigenvalue weighted by atomic mass is 10.1. The monoisotopic (exact) mass is 467 g/mol. The van der Waals surface area contributed by atoms with Crippen molar-refractivity contribution in [2.75, 3.05) is 10.5 Å². The molecule has 0 saturated heterocycles. The number of imidazole rings is 1. The van der Waals surface area contributed by atoms with Gasteiger partial charge < -0.3 is 10.1 Å². The van der Waals surface area contributed by atoms with Gasteiger partial charge in [0.25, 0.3) is 0 Å². The van der Waals surface area contributed by atoms with Crippen molar-refractivity contribution in [1.82, 2.24) is 24.6 Å². The lowest BCUT2D eigenvalue weighted by Crippen LogP contribution is -2.19. The highest BCUT2D eigenvalue weighted by Gasteiger charge is 2.20. The summed E-state index contributed by atoms with van der Waals surface area (Å²) in [6.07, 6.45) is 5.16. The van der Waals surface area contributed by atoms with Crippen LogP contribution in [0.4, 0.5) is 5.69 Å². The van der Waals surface area contributed by atoms with Crippen molar-refractivity contribution in [3.8, 4) is 17.1 Å². The van der Waals surface area contributed by atoms with Crippen molar-refractivity contribution in [3.05, 3.63) is 63.4 Å². The Morgan fingerprint density at radius 2 is 2.12 bits per heavy atom. The van der Waals surface area contributed by atoms with Crippen LogP contribution in [0, 0.1) is 0 Å². The van der Waals surface area contributed by atoms with Crippen LogP contribution in [0.3, 0.4) is 0 Å². The van der Waals surface area contributed by atoms with Crippen molar-refractivity contribution in [2.45, 2.75) is 25.8 Å². The summed E-state index contributed by atoms with van der Waals surface area (Å²) in [5.41, 5.74) is 2.49. The van der Waals surface area contributed by atoms with Gasteiger partial charge in [-0.25, -0.2) is 18.2 Å². The standard InChI is InChI=1S/C21H21N7O4S/c1-2-33(31,32)27-15-5-3-4-12(8-15)16-10-18(23-14-6-7-14)28-19(24-16)13(11-22-28)9-17-20(29)26-21(30)25-17/h3-5,8-11,14,27,29H,2,6-7H2,1H3,(H2,25,26,30)/b13-9-,23-18?. The molecular weight excluding hydrogens is 446 g/mol. The molecule has 12 heteroatoms. The number of rotatable bonds is 6. The first-order chi connectivity index (χ1) is 15.8. The van der Waals surface area contributed by atoms with Crippen molar-refractivity contribution < 1.29 is 13.5 Å². The van der Waals surface area contributed by atoms with E-state index in [4.69, 9.17) is 9.98 Å². The van der Waals surface area contributed by atoms with Crippen LogP contribution in [-0.2, 0) is 10.0 Å². The summed E-state index contributed by atoms with van der Waals surface area (Å²) in [4.78, 5) is 25.7. The fourth-order valence-electron chi connectivity index (χ4n) is 3.34. The van der Waals surface area contributed by atoms with Gasteiger partial charge >= 0.3 is 5.69 Å². The first-order valence-corrected chi connectivity index (χ1v) is 12.0. The number of aromatic hydroxyl groups is 1. The summed E-state index contributed by atoms with van der Waals surface area (Å²) in [6, 6.07) is 9.01. The zero-order valence-electron chi connectivity index (χ0n) is 17.6. The average Bonchev–Trinajstić information content (AvgIpc) is 3.41. The van der Waals surface area contributed by atoms with Gasteiger partial charge in [0, 0.05) is 22.5 Å². The molecule has 11 nitrogen and oxygen atoms in total. The largest absolute Gasteiger partial charge is 0.493 e. The Bertz CT molecular complexity index is 1650. The van der Waals surface area contributed by atoms with Crippen LogP contribution >= 0.6 is 0 Å². The molecule has 170 valence electrons. The first-order valence-electron chi connectivity index (χ1n) is 10.4. The van der Waals surface area contributed by atoms with Crippen LogP contribution in [0.5, 0.6) is 5.88 Å². The highest BCUT2D eigenvalue weighted by Crippen LogP contribution is 2.24. The summed E-state index contributed by atoms with van der Waals surface area (Å²) in [5, 5.41) is 14.9. The van der Waals surface area contributed by atoms with Gasteiger partial charge in [0.05, 0.1) is 23.7 Å². The summed E-state index contributed by atoms with van der Waals surface area (Å²) >= 11 is 0. The maximum absolute atomic E-state index is 12.0. The third kappa shape index (κ3) is 4.37. The Kier molecular flexibility index (Phi) is 5.01. The Labute approximate surface area is 187 Å². The Morgan fingerprint density at radius 1 is 1.30 bits per heavy atom. The molecule has 0 atom stereocenters. The van der Waals surface area contributed by atoms with Gasteiger partial charge in [-0.15, -0.1) is 0 Å². The van der Waals surface area contributed by atoms with E-state index in [0.717, 1.165) is 12.8 Å². The highest BCUT2D eigenvalue weighted by molar-refractivity contribution is 7.92. The Hall–Kier alpha value is -3.93. The van der Waals surface area contributed by atoms with Crippen LogP contribution in [0.2, 0.25) is 0 Å². The van der Waals surface area contributed by atoms with Gasteiger partial charge in [-0.1, -0.05) is 12.1 Å². The van der Waals surface area contributed by atoms with Gasteiger partial charge in [-0.05, 0) is 38.0 Å². The van der Waals surface area contributed by atoms with Crippen LogP contribution in [-0.4, -0.2) is 49.9 Å². The van der Waals surface area contributed by atoms with E-state index in [1.165, 1.54) is 0 Å². The first kappa shape index (κ1) is 20.9. The maximum Gasteiger partial charge on any atom is 0.326 e. The number of nitrogens with zero attached hydrogens (tertiary/aromatic N) is 4. The number of fused-ring (bicyclic) bond motifs is 1. The number of nitrogens with one attached hydrogen (secondary N) is 3. The van der Waals surface area contributed by atoms with E-state index in [9.17, 15) is 18.3 Å². The number of sulfonamides is 1. The number of hydrogen-bond acceptors (Lipinski definition) is 7. The van der Waals surface area contributed by atoms with Crippen LogP contribution in [0.15, 0.2) is 46.3 Å². The van der Waals surface area contributed by atoms with Gasteiger partial charge in [-0.2, -0.15) is 9.61 Å². The molecule has 1 aromatic carbocycles. The number of hydrogen-bond donors (Lipinski definition) is 4. The number of H-pyrrole nitrogens is 2. The maximum atomic E-state index is 12.0. The van der Waals surface area contributed by atoms with Crippen molar-refractivity contribution in [2.24, 2.45) is 4.99 Å². The van der Waals surface area contributed by atoms with Crippen molar-refractivity contribution in [1.29, 1.82) is 0 Å². The van der Waals surface area contributed by atoms with Crippen LogP contribution in [0.1, 0.15) is 25.5 Å². The summed E-state index contributed by atoms with van der Waals surface area (Å²) in [7, 11) is -3.42. The van der Waals surface area contributed by atoms with E-state index in [2.05, 4.69) is 19.8 Å². The molecule has 0 amide bonds. The molecule has 0 bridgehead atoms. The minimum atomic E-state index is -3.42. The second kappa shape index (κ2) is 7.89. The predicted molar refractivity (Wildman–Crippen MR) is 122 cm³/mol. The average molecular weight is 468 g/mol. The smallest absolute Gasteiger partial charge is 0.326 e. The van der Waals surface area contributed by atoms with Crippen molar-refractivity contribution in [3.63, 3.8) is 0 Å².